The minimum absolute atomic E-state index is 0.308. The molecule has 0 spiro atoms. The Morgan fingerprint density at radius 2 is 1.86 bits per heavy atom. The second-order valence-corrected chi connectivity index (χ2v) is 7.19. The van der Waals surface area contributed by atoms with Gasteiger partial charge in [-0.1, -0.05) is 26.0 Å². The third kappa shape index (κ3) is 3.10. The minimum Gasteiger partial charge on any atom is -0.471 e. The Morgan fingerprint density at radius 3 is 2.66 bits per heavy atom. The van der Waals surface area contributed by atoms with Gasteiger partial charge < -0.3 is 4.74 Å². The zero-order valence-electron chi connectivity index (χ0n) is 16.4. The first-order valence-electron chi connectivity index (χ1n) is 9.38. The molecule has 0 radical (unpaired) electrons. The highest BCUT2D eigenvalue weighted by Gasteiger charge is 2.14. The molecule has 0 saturated carbocycles. The molecule has 0 atom stereocenters. The highest BCUT2D eigenvalue weighted by Crippen LogP contribution is 2.21. The Hall–Kier alpha value is -3.75. The van der Waals surface area contributed by atoms with Crippen molar-refractivity contribution in [3.05, 3.63) is 54.6 Å². The number of ether oxygens (including phenoxy) is 1. The first-order chi connectivity index (χ1) is 14.1. The van der Waals surface area contributed by atoms with E-state index in [0.717, 1.165) is 16.8 Å². The summed E-state index contributed by atoms with van der Waals surface area (Å²) in [7, 11) is 1.85. The molecule has 9 nitrogen and oxygen atoms in total. The predicted octanol–water partition coefficient (Wildman–Crippen LogP) is 3.03. The molecule has 0 amide bonds. The van der Waals surface area contributed by atoms with Crippen molar-refractivity contribution >= 4 is 16.7 Å². The average Bonchev–Trinajstić information content (AvgIpc) is 3.44. The van der Waals surface area contributed by atoms with Gasteiger partial charge in [-0.05, 0) is 29.7 Å². The highest BCUT2D eigenvalue weighted by atomic mass is 16.5. The number of benzene rings is 1. The lowest BCUT2D eigenvalue weighted by Gasteiger charge is -2.08. The first kappa shape index (κ1) is 17.4. The van der Waals surface area contributed by atoms with Gasteiger partial charge in [0.15, 0.2) is 18.0 Å². The van der Waals surface area contributed by atoms with Crippen LogP contribution in [0.25, 0.3) is 28.2 Å². The molecule has 0 bridgehead atoms. The van der Waals surface area contributed by atoms with Crippen LogP contribution in [0.4, 0.5) is 0 Å². The van der Waals surface area contributed by atoms with E-state index in [4.69, 9.17) is 4.74 Å². The smallest absolute Gasteiger partial charge is 0.202 e. The molecule has 0 saturated heterocycles. The van der Waals surface area contributed by atoms with Crippen molar-refractivity contribution < 1.29 is 4.74 Å². The van der Waals surface area contributed by atoms with Crippen molar-refractivity contribution in [2.24, 2.45) is 7.05 Å². The molecule has 29 heavy (non-hydrogen) atoms. The molecule has 9 heteroatoms. The molecule has 0 aliphatic heterocycles. The number of fused-ring (bicyclic) bond motifs is 3. The fraction of sp³-hybridized carbons (Fsp3) is 0.250. The summed E-state index contributed by atoms with van der Waals surface area (Å²) in [4.78, 5) is 9.00. The van der Waals surface area contributed by atoms with Crippen molar-refractivity contribution in [2.45, 2.75) is 26.5 Å². The van der Waals surface area contributed by atoms with Gasteiger partial charge in [-0.2, -0.15) is 10.2 Å². The second kappa shape index (κ2) is 6.69. The predicted molar refractivity (Wildman–Crippen MR) is 107 cm³/mol. The number of nitrogens with zero attached hydrogens (tertiary/aromatic N) is 8. The zero-order valence-corrected chi connectivity index (χ0v) is 16.4. The van der Waals surface area contributed by atoms with E-state index in [1.807, 2.05) is 31.4 Å². The zero-order chi connectivity index (χ0) is 20.0. The summed E-state index contributed by atoms with van der Waals surface area (Å²) in [5, 5.41) is 14.1. The molecular weight excluding hydrogens is 368 g/mol. The molecule has 5 aromatic rings. The lowest BCUT2D eigenvalue weighted by Crippen LogP contribution is -2.06. The number of rotatable bonds is 5. The van der Waals surface area contributed by atoms with Crippen molar-refractivity contribution in [3.8, 4) is 17.3 Å². The Balaban J connectivity index is 1.36. The molecule has 0 fully saturated rings. The molecule has 5 rings (SSSR count). The Bertz CT molecular complexity index is 1300. The maximum absolute atomic E-state index is 5.83. The molecule has 4 aromatic heterocycles. The monoisotopic (exact) mass is 388 g/mol. The standard InChI is InChI=1S/C20H20N8O/c1-13(2)14-4-6-15(7-5-14)29-12-27-9-8-17(24-27)18-23-20-16-10-22-26(3)19(16)21-11-28(20)25-18/h4-11,13H,12H2,1-3H3. The van der Waals surface area contributed by atoms with Gasteiger partial charge in [-0.15, -0.1) is 5.10 Å². The van der Waals surface area contributed by atoms with Gasteiger partial charge in [0.1, 0.15) is 17.8 Å². The summed E-state index contributed by atoms with van der Waals surface area (Å²) < 4.78 is 10.9. The van der Waals surface area contributed by atoms with E-state index in [1.54, 1.807) is 26.4 Å². The van der Waals surface area contributed by atoms with Crippen LogP contribution in [-0.4, -0.2) is 39.1 Å². The van der Waals surface area contributed by atoms with Gasteiger partial charge in [0.2, 0.25) is 5.82 Å². The normalized spacial score (nSPS) is 11.7. The van der Waals surface area contributed by atoms with Crippen molar-refractivity contribution in [2.75, 3.05) is 0 Å². The van der Waals surface area contributed by atoms with Crippen LogP contribution in [-0.2, 0) is 13.8 Å². The van der Waals surface area contributed by atoms with Crippen molar-refractivity contribution in [1.29, 1.82) is 0 Å². The van der Waals surface area contributed by atoms with Crippen LogP contribution in [0.3, 0.4) is 0 Å². The number of hydrogen-bond donors (Lipinski definition) is 0. The number of aryl methyl sites for hydroxylation is 1. The lowest BCUT2D eigenvalue weighted by atomic mass is 10.0. The lowest BCUT2D eigenvalue weighted by molar-refractivity contribution is 0.221. The summed E-state index contributed by atoms with van der Waals surface area (Å²) in [5.41, 5.74) is 3.42. The SMILES string of the molecule is CC(C)c1ccc(OCn2ccc(-c3nc4c5cnn(C)c5ncn4n3)n2)cc1. The van der Waals surface area contributed by atoms with Gasteiger partial charge in [-0.25, -0.2) is 19.2 Å². The van der Waals surface area contributed by atoms with Crippen LogP contribution in [0.15, 0.2) is 49.1 Å². The molecule has 0 aliphatic carbocycles. The van der Waals surface area contributed by atoms with Gasteiger partial charge in [0.05, 0.1) is 11.6 Å². The van der Waals surface area contributed by atoms with Crippen LogP contribution >= 0.6 is 0 Å². The second-order valence-electron chi connectivity index (χ2n) is 7.19. The van der Waals surface area contributed by atoms with E-state index in [9.17, 15) is 0 Å². The topological polar surface area (TPSA) is 88.0 Å². The first-order valence-corrected chi connectivity index (χ1v) is 9.38. The van der Waals surface area contributed by atoms with Crippen molar-refractivity contribution in [1.82, 2.24) is 39.1 Å². The maximum Gasteiger partial charge on any atom is 0.202 e. The van der Waals surface area contributed by atoms with Crippen LogP contribution in [0.2, 0.25) is 0 Å². The van der Waals surface area contributed by atoms with E-state index < -0.39 is 0 Å². The molecule has 0 aliphatic rings. The van der Waals surface area contributed by atoms with Crippen LogP contribution in [0, 0.1) is 0 Å². The summed E-state index contributed by atoms with van der Waals surface area (Å²) in [5.74, 6) is 1.84. The number of aromatic nitrogens is 8. The molecule has 146 valence electrons. The number of hydrogen-bond acceptors (Lipinski definition) is 6. The van der Waals surface area contributed by atoms with E-state index in [1.165, 1.54) is 5.56 Å². The van der Waals surface area contributed by atoms with E-state index in [-0.39, 0.29) is 0 Å². The fourth-order valence-electron chi connectivity index (χ4n) is 3.19. The van der Waals surface area contributed by atoms with Gasteiger partial charge in [0.25, 0.3) is 0 Å². The average molecular weight is 388 g/mol. The molecule has 4 heterocycles. The highest BCUT2D eigenvalue weighted by molar-refractivity contribution is 5.88. The van der Waals surface area contributed by atoms with Crippen molar-refractivity contribution in [3.63, 3.8) is 0 Å². The molecule has 0 unspecified atom stereocenters. The van der Waals surface area contributed by atoms with E-state index >= 15 is 0 Å². The third-order valence-electron chi connectivity index (χ3n) is 4.85. The Kier molecular flexibility index (Phi) is 4.01. The van der Waals surface area contributed by atoms with Gasteiger partial charge in [0, 0.05) is 13.2 Å². The summed E-state index contributed by atoms with van der Waals surface area (Å²) in [6, 6.07) is 10.0. The fourth-order valence-corrected chi connectivity index (χ4v) is 3.19. The molecule has 0 N–H and O–H groups in total. The summed E-state index contributed by atoms with van der Waals surface area (Å²) in [6.07, 6.45) is 5.23. The minimum atomic E-state index is 0.308. The van der Waals surface area contributed by atoms with Crippen LogP contribution in [0.5, 0.6) is 5.75 Å². The van der Waals surface area contributed by atoms with Gasteiger partial charge in [-0.3, -0.25) is 4.68 Å². The quantitative estimate of drug-likeness (QED) is 0.460. The summed E-state index contributed by atoms with van der Waals surface area (Å²) >= 11 is 0. The van der Waals surface area contributed by atoms with Crippen LogP contribution in [0.1, 0.15) is 25.3 Å². The van der Waals surface area contributed by atoms with Crippen LogP contribution < -0.4 is 4.74 Å². The largest absolute Gasteiger partial charge is 0.471 e. The Morgan fingerprint density at radius 1 is 1.03 bits per heavy atom. The third-order valence-corrected chi connectivity index (χ3v) is 4.85. The Labute approximate surface area is 166 Å². The summed E-state index contributed by atoms with van der Waals surface area (Å²) in [6.45, 7) is 4.65. The maximum atomic E-state index is 5.83. The van der Waals surface area contributed by atoms with Gasteiger partial charge >= 0.3 is 0 Å². The van der Waals surface area contributed by atoms with E-state index in [2.05, 4.69) is 51.2 Å². The molecular formula is C20H20N8O. The molecule has 1 aromatic carbocycles. The van der Waals surface area contributed by atoms with E-state index in [0.29, 0.717) is 29.8 Å².